The van der Waals surface area contributed by atoms with E-state index in [-0.39, 0.29) is 37.1 Å². The Morgan fingerprint density at radius 1 is 0.433 bits per heavy atom. The molecule has 0 spiro atoms. The molecule has 324 valence electrons. The molecule has 0 aliphatic heterocycles. The van der Waals surface area contributed by atoms with Gasteiger partial charge in [0, 0.05) is 79.2 Å². The molecule has 1 aromatic heterocycles. The smallest absolute Gasteiger partial charge is 0.329 e. The first-order valence-corrected chi connectivity index (χ1v) is 26.6. The van der Waals surface area contributed by atoms with Gasteiger partial charge in [0.05, 0.1) is 52.0 Å². The first-order valence-electron chi connectivity index (χ1n) is 16.3. The van der Waals surface area contributed by atoms with E-state index in [1.807, 2.05) is 0 Å². The fourth-order valence-corrected chi connectivity index (χ4v) is 13.0. The highest BCUT2D eigenvalue weighted by atomic mass is 35.5. The fourth-order valence-electron chi connectivity index (χ4n) is 4.55. The molecule has 0 unspecified atom stereocenters. The van der Waals surface area contributed by atoms with Gasteiger partial charge in [-0.2, -0.15) is 0 Å². The van der Waals surface area contributed by atoms with Crippen molar-refractivity contribution in [2.75, 3.05) is 19.8 Å². The van der Waals surface area contributed by atoms with Crippen LogP contribution in [-0.4, -0.2) is 63.8 Å². The topological polar surface area (TPSA) is 158 Å². The molecule has 4 rings (SSSR count). The fraction of sp³-hybridized carbons (Fsp3) is 0.273. The zero-order valence-electron chi connectivity index (χ0n) is 29.8. The second-order valence-corrected chi connectivity index (χ2v) is 21.7. The summed E-state index contributed by atoms with van der Waals surface area (Å²) in [5.41, 5.74) is -1.29. The molecule has 12 nitrogen and oxygen atoms in total. The maximum absolute atomic E-state index is 13.5. The Hall–Kier alpha value is -0.810. The van der Waals surface area contributed by atoms with Crippen LogP contribution in [0.4, 0.5) is 0 Å². The third-order valence-electron chi connectivity index (χ3n) is 7.32. The molecule has 3 N–H and O–H groups in total. The standard InChI is InChI=1S/C33H24Cl9N3O9S6/c34-16-7-22(37)19(23(38)8-16)13-55-58-31(49)52-4-1-43-28(46)44(2-5-53-32(50)59-56-14-20-24(39)9-17(35)10-25(20)40)30(48)45(29(43)47)3-6-54-33(51)60-57-15-21-26(41)11-18(36)12-27(21)42/h7-12H,1-6,13-15H2/p+3. The Morgan fingerprint density at radius 2 is 0.650 bits per heavy atom. The van der Waals surface area contributed by atoms with Crippen LogP contribution in [0.2, 0.25) is 45.2 Å². The minimum atomic E-state index is -1.02. The highest BCUT2D eigenvalue weighted by Crippen LogP contribution is 2.38. The summed E-state index contributed by atoms with van der Waals surface area (Å²) in [6.07, 6.45) is 0. The molecule has 0 fully saturated rings. The second-order valence-electron chi connectivity index (χ2n) is 11.2. The maximum atomic E-state index is 13.5. The second kappa shape index (κ2) is 25.6. The van der Waals surface area contributed by atoms with Gasteiger partial charge in [-0.05, 0) is 36.4 Å². The zero-order valence-corrected chi connectivity index (χ0v) is 41.5. The average Bonchev–Trinajstić information content (AvgIpc) is 3.15. The summed E-state index contributed by atoms with van der Waals surface area (Å²) in [7, 11) is 5.96. The van der Waals surface area contributed by atoms with Crippen molar-refractivity contribution in [3.8, 4) is 0 Å². The maximum Gasteiger partial charge on any atom is 0.561 e. The van der Waals surface area contributed by atoms with E-state index in [4.69, 9.17) is 119 Å². The molecule has 0 amide bonds. The van der Waals surface area contributed by atoms with Gasteiger partial charge in [0.1, 0.15) is 0 Å². The Labute approximate surface area is 409 Å². The third kappa shape index (κ3) is 15.7. The third-order valence-corrected chi connectivity index (χ3v) is 15.8. The molecule has 0 saturated heterocycles. The van der Waals surface area contributed by atoms with Gasteiger partial charge in [0.2, 0.25) is 19.8 Å². The van der Waals surface area contributed by atoms with E-state index in [2.05, 4.69) is 0 Å². The number of ether oxygens (including phenoxy) is 3. The Kier molecular flexibility index (Phi) is 22.1. The lowest BCUT2D eigenvalue weighted by molar-refractivity contribution is 0.237. The summed E-state index contributed by atoms with van der Waals surface area (Å²) < 4.78 is 18.2. The van der Waals surface area contributed by atoms with E-state index in [9.17, 15) is 28.8 Å². The molecule has 0 atom stereocenters. The monoisotopic (exact) mass is 1120 g/mol. The van der Waals surface area contributed by atoms with Gasteiger partial charge in [-0.15, -0.1) is 0 Å². The van der Waals surface area contributed by atoms with Gasteiger partial charge in [-0.1, -0.05) is 137 Å². The molecule has 0 saturated carbocycles. The number of carbonyl (C=O) groups excluding carboxylic acids is 3. The largest absolute Gasteiger partial charge is 0.561 e. The van der Waals surface area contributed by atoms with Crippen molar-refractivity contribution in [2.24, 2.45) is 0 Å². The molecule has 27 heteroatoms. The lowest BCUT2D eigenvalue weighted by Crippen LogP contribution is -2.55. The quantitative estimate of drug-likeness (QED) is 0.0402. The molecule has 3 aromatic carbocycles. The summed E-state index contributed by atoms with van der Waals surface area (Å²) in [5.74, 6) is 0.823. The summed E-state index contributed by atoms with van der Waals surface area (Å²) >= 11 is 55.2. The summed E-state index contributed by atoms with van der Waals surface area (Å²) in [6.45, 7) is -2.29. The van der Waals surface area contributed by atoms with Crippen LogP contribution in [0, 0.1) is 0 Å². The van der Waals surface area contributed by atoms with E-state index < -0.39 is 52.6 Å². The number of hydrogen-bond donors (Lipinski definition) is 0. The van der Waals surface area contributed by atoms with E-state index in [1.165, 1.54) is 36.4 Å². The van der Waals surface area contributed by atoms with Gasteiger partial charge < -0.3 is 28.6 Å². The summed E-state index contributed by atoms with van der Waals surface area (Å²) in [6, 6.07) is 9.20. The molecule has 0 aliphatic carbocycles. The molecular formula is C33H27Cl9N3O9S6+3. The van der Waals surface area contributed by atoms with Gasteiger partial charge in [-0.25, -0.2) is 28.1 Å². The lowest BCUT2D eigenvalue weighted by atomic mass is 10.2. The number of halogens is 9. The average molecular weight is 1120 g/mol. The first-order chi connectivity index (χ1) is 28.5. The van der Waals surface area contributed by atoms with Crippen molar-refractivity contribution in [3.05, 3.63) is 130 Å². The Balaban J connectivity index is 1.39. The van der Waals surface area contributed by atoms with E-state index in [0.717, 1.165) is 78.5 Å². The number of benzene rings is 3. The van der Waals surface area contributed by atoms with Gasteiger partial charge in [0.15, 0.2) is 0 Å². The predicted molar refractivity (Wildman–Crippen MR) is 259 cm³/mol. The zero-order chi connectivity index (χ0) is 44.1. The molecule has 0 aliphatic rings. The predicted octanol–water partition coefficient (Wildman–Crippen LogP) is 11.2. The van der Waals surface area contributed by atoms with Crippen LogP contribution in [0.3, 0.4) is 0 Å². The van der Waals surface area contributed by atoms with Gasteiger partial charge >= 0.3 is 33.0 Å². The number of rotatable bonds is 18. The summed E-state index contributed by atoms with van der Waals surface area (Å²) in [5, 5.41) is 1.67. The molecule has 1 heterocycles. The van der Waals surface area contributed by atoms with Crippen molar-refractivity contribution in [2.45, 2.75) is 36.9 Å². The van der Waals surface area contributed by atoms with Gasteiger partial charge in [0.25, 0.3) is 0 Å². The highest BCUT2D eigenvalue weighted by Gasteiger charge is 2.23. The minimum Gasteiger partial charge on any atom is -0.329 e. The van der Waals surface area contributed by atoms with Crippen molar-refractivity contribution in [3.63, 3.8) is 0 Å². The van der Waals surface area contributed by atoms with Crippen molar-refractivity contribution >= 4 is 185 Å². The SMILES string of the molecule is O=c1n(CCOC(=[OH+])SSCc2c(Cl)cc(Cl)cc2Cl)c(=O)n(CCOC(=[OH+])SSCc2c(Cl)cc(Cl)cc2Cl)c(=O)n1CCOC(=[OH+])SSCc1c(Cl)cc(Cl)cc1Cl. The number of nitrogens with zero attached hydrogens (tertiary/aromatic N) is 3. The Bertz CT molecular complexity index is 2060. The molecule has 0 bridgehead atoms. The van der Waals surface area contributed by atoms with Crippen LogP contribution >= 0.6 is 169 Å². The van der Waals surface area contributed by atoms with E-state index in [1.54, 1.807) is 0 Å². The minimum absolute atomic E-state index is 0.274. The van der Waals surface area contributed by atoms with Crippen LogP contribution < -0.4 is 17.1 Å². The van der Waals surface area contributed by atoms with Crippen molar-refractivity contribution < 1.29 is 28.6 Å². The van der Waals surface area contributed by atoms with E-state index >= 15 is 0 Å². The lowest BCUT2D eigenvalue weighted by Gasteiger charge is -2.11. The van der Waals surface area contributed by atoms with Crippen LogP contribution in [0.15, 0.2) is 50.8 Å². The Morgan fingerprint density at radius 3 is 0.867 bits per heavy atom. The van der Waals surface area contributed by atoms with Crippen LogP contribution in [-0.2, 0) is 51.1 Å². The molecule has 4 aromatic rings. The molecular weight excluding hydrogens is 1090 g/mol. The highest BCUT2D eigenvalue weighted by molar-refractivity contribution is 8.82. The molecule has 60 heavy (non-hydrogen) atoms. The van der Waals surface area contributed by atoms with Crippen molar-refractivity contribution in [1.29, 1.82) is 0 Å². The van der Waals surface area contributed by atoms with Crippen LogP contribution in [0.25, 0.3) is 0 Å². The van der Waals surface area contributed by atoms with Crippen LogP contribution in [0.5, 0.6) is 0 Å². The van der Waals surface area contributed by atoms with E-state index in [0.29, 0.717) is 61.9 Å². The number of aromatic nitrogens is 3. The summed E-state index contributed by atoms with van der Waals surface area (Å²) in [4.78, 5) is 71.5. The number of hydrogen-bond acceptors (Lipinski definition) is 12. The van der Waals surface area contributed by atoms with Crippen molar-refractivity contribution in [1.82, 2.24) is 13.7 Å². The first kappa shape index (κ1) is 51.8. The normalized spacial score (nSPS) is 11.2. The van der Waals surface area contributed by atoms with Gasteiger partial charge in [-0.3, -0.25) is 0 Å². The van der Waals surface area contributed by atoms with Crippen LogP contribution in [0.1, 0.15) is 16.7 Å². The molecule has 0 radical (unpaired) electrons.